The lowest BCUT2D eigenvalue weighted by Crippen LogP contribution is -2.16. The third-order valence-corrected chi connectivity index (χ3v) is 2.16. The van der Waals surface area contributed by atoms with Crippen molar-refractivity contribution < 1.29 is 9.47 Å². The second-order valence-electron chi connectivity index (χ2n) is 3.41. The Bertz CT molecular complexity index is 269. The lowest BCUT2D eigenvalue weighted by molar-refractivity contribution is -0.0698. The highest BCUT2D eigenvalue weighted by atomic mass is 16.7. The molecular formula is C13H18O2. The Labute approximate surface area is 91.5 Å². The molecule has 1 atom stereocenters. The predicted octanol–water partition coefficient (Wildman–Crippen LogP) is 2.79. The zero-order chi connectivity index (χ0) is 10.9. The Hall–Kier alpha value is -1.12. The Balaban J connectivity index is 2.46. The molecule has 2 nitrogen and oxygen atoms in total. The van der Waals surface area contributed by atoms with Crippen molar-refractivity contribution in [1.29, 1.82) is 0 Å². The van der Waals surface area contributed by atoms with Crippen molar-refractivity contribution in [3.8, 4) is 0 Å². The number of ether oxygens (including phenoxy) is 2. The van der Waals surface area contributed by atoms with Crippen molar-refractivity contribution in [2.75, 3.05) is 13.9 Å². The molecule has 0 aliphatic heterocycles. The highest BCUT2D eigenvalue weighted by Crippen LogP contribution is 2.09. The number of rotatable bonds is 7. The number of hydrogen-bond acceptors (Lipinski definition) is 2. The van der Waals surface area contributed by atoms with Crippen molar-refractivity contribution in [1.82, 2.24) is 0 Å². The normalized spacial score (nSPS) is 12.3. The standard InChI is InChI=1S/C13H18O2/c1-3-7-13(15-11-14-2)10-12-8-5-4-6-9-12/h3-6,8-9,13H,1,7,10-11H2,2H3/t13-/m0/s1. The van der Waals surface area contributed by atoms with Crippen molar-refractivity contribution in [3.05, 3.63) is 48.6 Å². The van der Waals surface area contributed by atoms with Crippen LogP contribution < -0.4 is 0 Å². The van der Waals surface area contributed by atoms with Gasteiger partial charge in [-0.25, -0.2) is 0 Å². The van der Waals surface area contributed by atoms with E-state index >= 15 is 0 Å². The predicted molar refractivity (Wildman–Crippen MR) is 61.7 cm³/mol. The smallest absolute Gasteiger partial charge is 0.146 e. The van der Waals surface area contributed by atoms with Crippen molar-refractivity contribution in [2.45, 2.75) is 18.9 Å². The average molecular weight is 206 g/mol. The van der Waals surface area contributed by atoms with Gasteiger partial charge in [-0.05, 0) is 18.4 Å². The Morgan fingerprint density at radius 3 is 2.67 bits per heavy atom. The summed E-state index contributed by atoms with van der Waals surface area (Å²) in [6.07, 6.45) is 3.78. The van der Waals surface area contributed by atoms with E-state index in [-0.39, 0.29) is 6.10 Å². The first-order chi connectivity index (χ1) is 7.36. The van der Waals surface area contributed by atoms with Gasteiger partial charge in [0.2, 0.25) is 0 Å². The van der Waals surface area contributed by atoms with Gasteiger partial charge in [0.15, 0.2) is 0 Å². The summed E-state index contributed by atoms with van der Waals surface area (Å²) in [7, 11) is 1.63. The molecule has 0 radical (unpaired) electrons. The summed E-state index contributed by atoms with van der Waals surface area (Å²) in [5.41, 5.74) is 1.28. The lowest BCUT2D eigenvalue weighted by Gasteiger charge is -2.15. The molecule has 0 N–H and O–H groups in total. The molecule has 1 aromatic rings. The monoisotopic (exact) mass is 206 g/mol. The Morgan fingerprint density at radius 2 is 2.07 bits per heavy atom. The molecular weight excluding hydrogens is 188 g/mol. The van der Waals surface area contributed by atoms with E-state index in [1.807, 2.05) is 24.3 Å². The van der Waals surface area contributed by atoms with Gasteiger partial charge in [0, 0.05) is 7.11 Å². The molecule has 82 valence electrons. The molecule has 0 spiro atoms. The van der Waals surface area contributed by atoms with Crippen LogP contribution in [-0.2, 0) is 15.9 Å². The highest BCUT2D eigenvalue weighted by Gasteiger charge is 2.07. The van der Waals surface area contributed by atoms with E-state index in [9.17, 15) is 0 Å². The van der Waals surface area contributed by atoms with Crippen LogP contribution in [0.25, 0.3) is 0 Å². The van der Waals surface area contributed by atoms with Crippen LogP contribution in [0.5, 0.6) is 0 Å². The summed E-state index contributed by atoms with van der Waals surface area (Å²) in [5, 5.41) is 0. The first kappa shape index (κ1) is 12.0. The number of methoxy groups -OCH3 is 1. The number of hydrogen-bond donors (Lipinski definition) is 0. The van der Waals surface area contributed by atoms with E-state index in [0.717, 1.165) is 12.8 Å². The fourth-order valence-electron chi connectivity index (χ4n) is 1.44. The SMILES string of the molecule is C=CC[C@@H](Cc1ccccc1)OCOC. The quantitative estimate of drug-likeness (QED) is 0.504. The minimum atomic E-state index is 0.157. The van der Waals surface area contributed by atoms with Gasteiger partial charge >= 0.3 is 0 Å². The zero-order valence-corrected chi connectivity index (χ0v) is 9.19. The lowest BCUT2D eigenvalue weighted by atomic mass is 10.1. The largest absolute Gasteiger partial charge is 0.359 e. The van der Waals surface area contributed by atoms with Gasteiger partial charge in [-0.2, -0.15) is 0 Å². The van der Waals surface area contributed by atoms with Gasteiger partial charge < -0.3 is 9.47 Å². The third kappa shape index (κ3) is 4.77. The molecule has 0 amide bonds. The van der Waals surface area contributed by atoms with E-state index < -0.39 is 0 Å². The molecule has 0 saturated heterocycles. The van der Waals surface area contributed by atoms with E-state index in [4.69, 9.17) is 9.47 Å². The number of benzene rings is 1. The van der Waals surface area contributed by atoms with Crippen LogP contribution in [0.2, 0.25) is 0 Å². The minimum absolute atomic E-state index is 0.157. The molecule has 0 unspecified atom stereocenters. The summed E-state index contributed by atoms with van der Waals surface area (Å²) >= 11 is 0. The van der Waals surface area contributed by atoms with Gasteiger partial charge in [0.25, 0.3) is 0 Å². The molecule has 15 heavy (non-hydrogen) atoms. The maximum atomic E-state index is 5.54. The fraction of sp³-hybridized carbons (Fsp3) is 0.385. The first-order valence-corrected chi connectivity index (χ1v) is 5.12. The molecule has 0 aliphatic rings. The Kier molecular flexibility index (Phi) is 5.74. The van der Waals surface area contributed by atoms with E-state index in [1.165, 1.54) is 5.56 Å². The summed E-state index contributed by atoms with van der Waals surface area (Å²) in [4.78, 5) is 0. The van der Waals surface area contributed by atoms with Gasteiger partial charge in [-0.1, -0.05) is 36.4 Å². The van der Waals surface area contributed by atoms with E-state index in [0.29, 0.717) is 6.79 Å². The van der Waals surface area contributed by atoms with E-state index in [2.05, 4.69) is 18.7 Å². The highest BCUT2D eigenvalue weighted by molar-refractivity contribution is 5.15. The van der Waals surface area contributed by atoms with E-state index in [1.54, 1.807) is 7.11 Å². The average Bonchev–Trinajstić information content (AvgIpc) is 2.28. The van der Waals surface area contributed by atoms with Gasteiger partial charge in [-0.3, -0.25) is 0 Å². The molecule has 0 aliphatic carbocycles. The van der Waals surface area contributed by atoms with Gasteiger partial charge in [0.1, 0.15) is 6.79 Å². The maximum absolute atomic E-state index is 5.54. The first-order valence-electron chi connectivity index (χ1n) is 5.12. The fourth-order valence-corrected chi connectivity index (χ4v) is 1.44. The van der Waals surface area contributed by atoms with Crippen molar-refractivity contribution in [2.24, 2.45) is 0 Å². The Morgan fingerprint density at radius 1 is 1.33 bits per heavy atom. The second kappa shape index (κ2) is 7.21. The van der Waals surface area contributed by atoms with Crippen LogP contribution in [0.3, 0.4) is 0 Å². The minimum Gasteiger partial charge on any atom is -0.359 e. The molecule has 1 aromatic carbocycles. The zero-order valence-electron chi connectivity index (χ0n) is 9.19. The van der Waals surface area contributed by atoms with Crippen LogP contribution in [-0.4, -0.2) is 20.0 Å². The topological polar surface area (TPSA) is 18.5 Å². The molecule has 1 rings (SSSR count). The summed E-state index contributed by atoms with van der Waals surface area (Å²) in [6.45, 7) is 4.07. The van der Waals surface area contributed by atoms with Crippen molar-refractivity contribution >= 4 is 0 Å². The molecule has 0 saturated carbocycles. The van der Waals surface area contributed by atoms with Crippen LogP contribution in [0.15, 0.2) is 43.0 Å². The second-order valence-corrected chi connectivity index (χ2v) is 3.41. The molecule has 0 aromatic heterocycles. The van der Waals surface area contributed by atoms with Crippen LogP contribution in [0.1, 0.15) is 12.0 Å². The summed E-state index contributed by atoms with van der Waals surface area (Å²) in [5.74, 6) is 0. The third-order valence-electron chi connectivity index (χ3n) is 2.16. The van der Waals surface area contributed by atoms with Gasteiger partial charge in [-0.15, -0.1) is 6.58 Å². The molecule has 0 fully saturated rings. The van der Waals surface area contributed by atoms with Gasteiger partial charge in [0.05, 0.1) is 6.10 Å². The maximum Gasteiger partial charge on any atom is 0.146 e. The summed E-state index contributed by atoms with van der Waals surface area (Å²) < 4.78 is 10.4. The van der Waals surface area contributed by atoms with Crippen LogP contribution in [0, 0.1) is 0 Å². The van der Waals surface area contributed by atoms with Crippen molar-refractivity contribution in [3.63, 3.8) is 0 Å². The summed E-state index contributed by atoms with van der Waals surface area (Å²) in [6, 6.07) is 10.3. The molecule has 0 bridgehead atoms. The molecule has 2 heteroatoms. The van der Waals surface area contributed by atoms with Crippen LogP contribution >= 0.6 is 0 Å². The van der Waals surface area contributed by atoms with Crippen LogP contribution in [0.4, 0.5) is 0 Å². The molecule has 0 heterocycles.